The van der Waals surface area contributed by atoms with E-state index in [1.807, 2.05) is 38.1 Å². The zero-order chi connectivity index (χ0) is 17.1. The van der Waals surface area contributed by atoms with E-state index < -0.39 is 0 Å². The number of hydrogen-bond acceptors (Lipinski definition) is 6. The van der Waals surface area contributed by atoms with Gasteiger partial charge in [-0.3, -0.25) is 14.9 Å². The number of aromatic nitrogens is 2. The highest BCUT2D eigenvalue weighted by Crippen LogP contribution is 2.37. The van der Waals surface area contributed by atoms with Crippen molar-refractivity contribution < 1.29 is 9.59 Å². The lowest BCUT2D eigenvalue weighted by Gasteiger charge is -2.21. The number of hydrogen-bond donors (Lipinski definition) is 1. The third-order valence-corrected chi connectivity index (χ3v) is 5.72. The van der Waals surface area contributed by atoms with Crippen molar-refractivity contribution in [3.63, 3.8) is 0 Å². The van der Waals surface area contributed by atoms with Gasteiger partial charge in [0.1, 0.15) is 11.6 Å². The first-order chi connectivity index (χ1) is 11.6. The standard InChI is InChI=1S/C16H18N4O2S2/c1-3-14-18-19-16(24-14)17-13(21)9-20-11-6-4-5-7-12(11)23-10(2)8-15(20)22/h4-7,10H,3,8-9H2,1-2H3,(H,17,19,21). The molecule has 2 aromatic rings. The number of benzene rings is 1. The fourth-order valence-electron chi connectivity index (χ4n) is 2.45. The van der Waals surface area contributed by atoms with Gasteiger partial charge in [-0.1, -0.05) is 37.3 Å². The van der Waals surface area contributed by atoms with Gasteiger partial charge in [0.25, 0.3) is 0 Å². The Morgan fingerprint density at radius 1 is 1.38 bits per heavy atom. The number of thioether (sulfide) groups is 1. The van der Waals surface area contributed by atoms with Crippen LogP contribution in [0.3, 0.4) is 0 Å². The number of nitrogens with one attached hydrogen (secondary N) is 1. The normalized spacial score (nSPS) is 17.3. The summed E-state index contributed by atoms with van der Waals surface area (Å²) >= 11 is 3.02. The molecule has 0 aliphatic carbocycles. The third kappa shape index (κ3) is 3.76. The average Bonchev–Trinajstić information content (AvgIpc) is 2.96. The molecule has 0 saturated heterocycles. The molecule has 8 heteroatoms. The van der Waals surface area contributed by atoms with E-state index in [9.17, 15) is 9.59 Å². The van der Waals surface area contributed by atoms with Crippen LogP contribution in [0.2, 0.25) is 0 Å². The van der Waals surface area contributed by atoms with Crippen molar-refractivity contribution in [1.29, 1.82) is 0 Å². The van der Waals surface area contributed by atoms with Gasteiger partial charge in [-0.15, -0.1) is 22.0 Å². The van der Waals surface area contributed by atoms with Gasteiger partial charge in [0, 0.05) is 16.6 Å². The molecule has 3 rings (SSSR count). The SMILES string of the molecule is CCc1nnc(NC(=O)CN2C(=O)CC(C)Sc3ccccc32)s1. The van der Waals surface area contributed by atoms with E-state index >= 15 is 0 Å². The van der Waals surface area contributed by atoms with Crippen molar-refractivity contribution in [3.05, 3.63) is 29.3 Å². The first-order valence-electron chi connectivity index (χ1n) is 7.75. The number of carbonyl (C=O) groups is 2. The lowest BCUT2D eigenvalue weighted by molar-refractivity contribution is -0.121. The smallest absolute Gasteiger partial charge is 0.246 e. The molecule has 0 spiro atoms. The summed E-state index contributed by atoms with van der Waals surface area (Å²) in [6.45, 7) is 3.98. The Hall–Kier alpha value is -1.93. The molecule has 126 valence electrons. The van der Waals surface area contributed by atoms with Gasteiger partial charge in [0.15, 0.2) is 0 Å². The van der Waals surface area contributed by atoms with Gasteiger partial charge < -0.3 is 4.90 Å². The van der Waals surface area contributed by atoms with E-state index in [0.29, 0.717) is 11.6 Å². The van der Waals surface area contributed by atoms with Crippen LogP contribution in [0.4, 0.5) is 10.8 Å². The van der Waals surface area contributed by atoms with Crippen molar-refractivity contribution in [3.8, 4) is 0 Å². The van der Waals surface area contributed by atoms with Crippen LogP contribution in [0.25, 0.3) is 0 Å². The quantitative estimate of drug-likeness (QED) is 0.905. The molecule has 1 aliphatic rings. The van der Waals surface area contributed by atoms with Gasteiger partial charge in [-0.25, -0.2) is 0 Å². The van der Waals surface area contributed by atoms with Crippen molar-refractivity contribution in [2.45, 2.75) is 36.8 Å². The van der Waals surface area contributed by atoms with E-state index in [4.69, 9.17) is 0 Å². The highest BCUT2D eigenvalue weighted by atomic mass is 32.2. The average molecular weight is 362 g/mol. The zero-order valence-corrected chi connectivity index (χ0v) is 15.1. The maximum absolute atomic E-state index is 12.5. The molecule has 1 aromatic heterocycles. The molecule has 6 nitrogen and oxygen atoms in total. The second-order valence-corrected chi connectivity index (χ2v) is 8.03. The second-order valence-electron chi connectivity index (χ2n) is 5.48. The van der Waals surface area contributed by atoms with Crippen LogP contribution in [0.5, 0.6) is 0 Å². The maximum atomic E-state index is 12.5. The number of anilines is 2. The first kappa shape index (κ1) is 16.9. The monoisotopic (exact) mass is 362 g/mol. The highest BCUT2D eigenvalue weighted by molar-refractivity contribution is 8.00. The molecule has 1 atom stereocenters. The van der Waals surface area contributed by atoms with Gasteiger partial charge >= 0.3 is 0 Å². The van der Waals surface area contributed by atoms with Crippen molar-refractivity contribution in [2.75, 3.05) is 16.8 Å². The summed E-state index contributed by atoms with van der Waals surface area (Å²) in [5.41, 5.74) is 0.790. The van der Waals surface area contributed by atoms with E-state index in [1.54, 1.807) is 16.7 Å². The molecule has 0 radical (unpaired) electrons. The Morgan fingerprint density at radius 3 is 2.92 bits per heavy atom. The molecular formula is C16H18N4O2S2. The minimum absolute atomic E-state index is 0.0236. The van der Waals surface area contributed by atoms with Crippen LogP contribution in [0.1, 0.15) is 25.3 Å². The van der Waals surface area contributed by atoms with Crippen LogP contribution < -0.4 is 10.2 Å². The number of para-hydroxylation sites is 1. The molecule has 0 bridgehead atoms. The Kier molecular flexibility index (Phi) is 5.15. The maximum Gasteiger partial charge on any atom is 0.246 e. The van der Waals surface area contributed by atoms with Crippen molar-refractivity contribution in [1.82, 2.24) is 10.2 Å². The fraction of sp³-hybridized carbons (Fsp3) is 0.375. The second kappa shape index (κ2) is 7.31. The van der Waals surface area contributed by atoms with E-state index in [-0.39, 0.29) is 23.6 Å². The number of carbonyl (C=O) groups excluding carboxylic acids is 2. The summed E-state index contributed by atoms with van der Waals surface area (Å²) in [6, 6.07) is 7.69. The number of fused-ring (bicyclic) bond motifs is 1. The fourth-order valence-corrected chi connectivity index (χ4v) is 4.26. The molecule has 1 aliphatic heterocycles. The lowest BCUT2D eigenvalue weighted by atomic mass is 10.2. The Labute approximate surface area is 148 Å². The largest absolute Gasteiger partial charge is 0.302 e. The van der Waals surface area contributed by atoms with E-state index in [0.717, 1.165) is 22.0 Å². The van der Waals surface area contributed by atoms with Gasteiger partial charge in [-0.2, -0.15) is 0 Å². The molecule has 1 aromatic carbocycles. The lowest BCUT2D eigenvalue weighted by Crippen LogP contribution is -2.38. The van der Waals surface area contributed by atoms with E-state index in [1.165, 1.54) is 11.3 Å². The van der Waals surface area contributed by atoms with Gasteiger partial charge in [0.05, 0.1) is 5.69 Å². The summed E-state index contributed by atoms with van der Waals surface area (Å²) in [7, 11) is 0. The predicted molar refractivity (Wildman–Crippen MR) is 96.6 cm³/mol. The minimum Gasteiger partial charge on any atom is -0.302 e. The summed E-state index contributed by atoms with van der Waals surface area (Å²) in [5, 5.41) is 12.2. The van der Waals surface area contributed by atoms with Crippen LogP contribution in [-0.2, 0) is 16.0 Å². The topological polar surface area (TPSA) is 75.2 Å². The first-order valence-corrected chi connectivity index (χ1v) is 9.44. The Morgan fingerprint density at radius 2 is 2.17 bits per heavy atom. The Bertz CT molecular complexity index is 762. The van der Waals surface area contributed by atoms with E-state index in [2.05, 4.69) is 15.5 Å². The molecule has 2 amide bonds. The van der Waals surface area contributed by atoms with Gasteiger partial charge in [-0.05, 0) is 18.6 Å². The third-order valence-electron chi connectivity index (χ3n) is 3.56. The van der Waals surface area contributed by atoms with Gasteiger partial charge in [0.2, 0.25) is 16.9 Å². The number of rotatable bonds is 4. The number of nitrogens with zero attached hydrogens (tertiary/aromatic N) is 3. The highest BCUT2D eigenvalue weighted by Gasteiger charge is 2.27. The van der Waals surface area contributed by atoms with Crippen LogP contribution in [-0.4, -0.2) is 33.8 Å². The molecule has 2 heterocycles. The molecule has 1 N–H and O–H groups in total. The van der Waals surface area contributed by atoms with Crippen molar-refractivity contribution in [2.24, 2.45) is 0 Å². The summed E-state index contributed by atoms with van der Waals surface area (Å²) in [5.74, 6) is -0.307. The summed E-state index contributed by atoms with van der Waals surface area (Å²) in [6.07, 6.45) is 1.19. The molecule has 0 saturated carbocycles. The summed E-state index contributed by atoms with van der Waals surface area (Å²) in [4.78, 5) is 27.5. The predicted octanol–water partition coefficient (Wildman–Crippen LogP) is 2.96. The minimum atomic E-state index is -0.267. The van der Waals surface area contributed by atoms with Crippen LogP contribution in [0, 0.1) is 0 Å². The molecule has 24 heavy (non-hydrogen) atoms. The number of aryl methyl sites for hydroxylation is 1. The zero-order valence-electron chi connectivity index (χ0n) is 13.5. The number of amides is 2. The molecular weight excluding hydrogens is 344 g/mol. The summed E-state index contributed by atoms with van der Waals surface area (Å²) < 4.78 is 0. The van der Waals surface area contributed by atoms with Crippen LogP contribution in [0.15, 0.2) is 29.2 Å². The Balaban J connectivity index is 1.77. The molecule has 0 fully saturated rings. The van der Waals surface area contributed by atoms with Crippen molar-refractivity contribution >= 4 is 45.7 Å². The molecule has 1 unspecified atom stereocenters. The van der Waals surface area contributed by atoms with Crippen LogP contribution >= 0.6 is 23.1 Å².